The highest BCUT2D eigenvalue weighted by atomic mass is 16.5. The molecule has 0 spiro atoms. The predicted octanol–water partition coefficient (Wildman–Crippen LogP) is 3.54. The Morgan fingerprint density at radius 2 is 2.00 bits per heavy atom. The van der Waals surface area contributed by atoms with Gasteiger partial charge < -0.3 is 20.7 Å². The van der Waals surface area contributed by atoms with Crippen LogP contribution in [0.2, 0.25) is 0 Å². The number of unbranched alkanes of at least 4 members (excludes halogenated alkanes) is 2. The average molecular weight is 319 g/mol. The minimum absolute atomic E-state index is 0.263. The third-order valence-corrected chi connectivity index (χ3v) is 4.81. The number of aryl methyl sites for hydroxylation is 1. The lowest BCUT2D eigenvalue weighted by Crippen LogP contribution is -2.52. The number of hydrogen-bond donors (Lipinski definition) is 2. The Balaban J connectivity index is 1.98. The highest BCUT2D eigenvalue weighted by Gasteiger charge is 2.29. The van der Waals surface area contributed by atoms with Crippen molar-refractivity contribution in [2.24, 2.45) is 5.73 Å². The maximum absolute atomic E-state index is 5.93. The molecule has 1 saturated heterocycles. The molecule has 1 heterocycles. The van der Waals surface area contributed by atoms with E-state index in [1.54, 1.807) is 0 Å². The summed E-state index contributed by atoms with van der Waals surface area (Å²) in [5.74, 6) is 0. The third-order valence-electron chi connectivity index (χ3n) is 4.81. The van der Waals surface area contributed by atoms with E-state index in [0.29, 0.717) is 6.04 Å². The molecular weight excluding hydrogens is 286 g/mol. The molecule has 4 heteroatoms. The van der Waals surface area contributed by atoms with Gasteiger partial charge in [0.2, 0.25) is 0 Å². The van der Waals surface area contributed by atoms with Gasteiger partial charge in [-0.3, -0.25) is 0 Å². The summed E-state index contributed by atoms with van der Waals surface area (Å²) in [5, 5.41) is 3.55. The molecule has 0 bridgehead atoms. The standard InChI is InChI=1S/C19H33N3O/c1-14-12-18(22-13-15(2)23-17(4)16(22)3)8-9-19(14)21-11-7-5-6-10-20/h8-9,12,15-17,21H,5-7,10-11,13,20H2,1-4H3. The van der Waals surface area contributed by atoms with Crippen LogP contribution < -0.4 is 16.0 Å². The summed E-state index contributed by atoms with van der Waals surface area (Å²) in [6.07, 6.45) is 4.03. The zero-order chi connectivity index (χ0) is 16.8. The van der Waals surface area contributed by atoms with Gasteiger partial charge in [-0.2, -0.15) is 0 Å². The van der Waals surface area contributed by atoms with E-state index < -0.39 is 0 Å². The van der Waals surface area contributed by atoms with Crippen molar-refractivity contribution in [2.45, 2.75) is 65.2 Å². The third kappa shape index (κ3) is 4.85. The molecule has 1 aliphatic rings. The SMILES string of the molecule is Cc1cc(N2CC(C)OC(C)C2C)ccc1NCCCCCN. The Morgan fingerprint density at radius 1 is 1.22 bits per heavy atom. The molecule has 130 valence electrons. The maximum atomic E-state index is 5.93. The monoisotopic (exact) mass is 319 g/mol. The van der Waals surface area contributed by atoms with Crippen LogP contribution in [-0.4, -0.2) is 37.9 Å². The Morgan fingerprint density at radius 3 is 2.70 bits per heavy atom. The summed E-state index contributed by atoms with van der Waals surface area (Å²) in [6.45, 7) is 11.5. The number of ether oxygens (including phenoxy) is 1. The summed E-state index contributed by atoms with van der Waals surface area (Å²) in [7, 11) is 0. The van der Waals surface area contributed by atoms with Crippen molar-refractivity contribution in [3.05, 3.63) is 23.8 Å². The molecule has 0 aromatic heterocycles. The molecule has 3 atom stereocenters. The fourth-order valence-corrected chi connectivity index (χ4v) is 3.25. The van der Waals surface area contributed by atoms with Crippen LogP contribution in [0.3, 0.4) is 0 Å². The first-order valence-corrected chi connectivity index (χ1v) is 8.99. The number of nitrogens with two attached hydrogens (primary N) is 1. The molecule has 0 saturated carbocycles. The molecule has 0 amide bonds. The van der Waals surface area contributed by atoms with E-state index in [1.165, 1.54) is 29.8 Å². The molecule has 2 rings (SSSR count). The van der Waals surface area contributed by atoms with Crippen LogP contribution in [0.25, 0.3) is 0 Å². The summed E-state index contributed by atoms with van der Waals surface area (Å²) in [5.41, 5.74) is 9.37. The van der Waals surface area contributed by atoms with Crippen LogP contribution in [-0.2, 0) is 4.74 Å². The maximum Gasteiger partial charge on any atom is 0.0751 e. The van der Waals surface area contributed by atoms with E-state index in [1.807, 2.05) is 0 Å². The van der Waals surface area contributed by atoms with E-state index in [9.17, 15) is 0 Å². The van der Waals surface area contributed by atoms with Crippen molar-refractivity contribution >= 4 is 11.4 Å². The number of hydrogen-bond acceptors (Lipinski definition) is 4. The highest BCUT2D eigenvalue weighted by molar-refractivity contribution is 5.61. The summed E-state index contributed by atoms with van der Waals surface area (Å²) >= 11 is 0. The van der Waals surface area contributed by atoms with Gasteiger partial charge in [0.25, 0.3) is 0 Å². The Kier molecular flexibility index (Phi) is 6.72. The van der Waals surface area contributed by atoms with Crippen molar-refractivity contribution in [2.75, 3.05) is 29.9 Å². The van der Waals surface area contributed by atoms with Gasteiger partial charge in [-0.15, -0.1) is 0 Å². The van der Waals surface area contributed by atoms with Gasteiger partial charge in [-0.05, 0) is 70.8 Å². The van der Waals surface area contributed by atoms with Gasteiger partial charge >= 0.3 is 0 Å². The second kappa shape index (κ2) is 8.55. The number of nitrogens with zero attached hydrogens (tertiary/aromatic N) is 1. The van der Waals surface area contributed by atoms with Crippen molar-refractivity contribution in [1.29, 1.82) is 0 Å². The molecular formula is C19H33N3O. The lowest BCUT2D eigenvalue weighted by molar-refractivity contribution is -0.0257. The van der Waals surface area contributed by atoms with Gasteiger partial charge in [-0.1, -0.05) is 6.42 Å². The minimum Gasteiger partial charge on any atom is -0.385 e. The second-order valence-electron chi connectivity index (χ2n) is 6.82. The molecule has 1 aromatic carbocycles. The largest absolute Gasteiger partial charge is 0.385 e. The highest BCUT2D eigenvalue weighted by Crippen LogP contribution is 2.28. The van der Waals surface area contributed by atoms with E-state index >= 15 is 0 Å². The molecule has 1 aliphatic heterocycles. The molecule has 3 unspecified atom stereocenters. The molecule has 1 aromatic rings. The quantitative estimate of drug-likeness (QED) is 0.755. The summed E-state index contributed by atoms with van der Waals surface area (Å²) in [6, 6.07) is 7.14. The number of anilines is 2. The van der Waals surface area contributed by atoms with Gasteiger partial charge in [0.05, 0.1) is 18.2 Å². The fraction of sp³-hybridized carbons (Fsp3) is 0.684. The lowest BCUT2D eigenvalue weighted by atomic mass is 10.1. The minimum atomic E-state index is 0.263. The normalized spacial score (nSPS) is 24.7. The van der Waals surface area contributed by atoms with Crippen LogP contribution >= 0.6 is 0 Å². The van der Waals surface area contributed by atoms with E-state index in [2.05, 4.69) is 56.1 Å². The molecule has 1 fully saturated rings. The predicted molar refractivity (Wildman–Crippen MR) is 99.4 cm³/mol. The topological polar surface area (TPSA) is 50.5 Å². The van der Waals surface area contributed by atoms with E-state index in [-0.39, 0.29) is 12.2 Å². The van der Waals surface area contributed by atoms with Crippen molar-refractivity contribution < 1.29 is 4.74 Å². The van der Waals surface area contributed by atoms with Crippen LogP contribution in [0, 0.1) is 6.92 Å². The Hall–Kier alpha value is -1.26. The van der Waals surface area contributed by atoms with Crippen LogP contribution in [0.1, 0.15) is 45.6 Å². The van der Waals surface area contributed by atoms with Gasteiger partial charge in [-0.25, -0.2) is 0 Å². The second-order valence-corrected chi connectivity index (χ2v) is 6.82. The van der Waals surface area contributed by atoms with Crippen LogP contribution in [0.15, 0.2) is 18.2 Å². The molecule has 23 heavy (non-hydrogen) atoms. The lowest BCUT2D eigenvalue weighted by Gasteiger charge is -2.42. The number of morpholine rings is 1. The molecule has 0 aliphatic carbocycles. The molecule has 4 nitrogen and oxygen atoms in total. The fourth-order valence-electron chi connectivity index (χ4n) is 3.25. The van der Waals surface area contributed by atoms with Crippen molar-refractivity contribution in [3.8, 4) is 0 Å². The number of rotatable bonds is 7. The van der Waals surface area contributed by atoms with Gasteiger partial charge in [0.15, 0.2) is 0 Å². The zero-order valence-electron chi connectivity index (χ0n) is 15.1. The van der Waals surface area contributed by atoms with Gasteiger partial charge in [0, 0.05) is 24.5 Å². The first-order valence-electron chi connectivity index (χ1n) is 8.99. The molecule has 0 radical (unpaired) electrons. The summed E-state index contributed by atoms with van der Waals surface area (Å²) < 4.78 is 5.93. The zero-order valence-corrected chi connectivity index (χ0v) is 15.1. The number of benzene rings is 1. The van der Waals surface area contributed by atoms with Crippen molar-refractivity contribution in [1.82, 2.24) is 0 Å². The van der Waals surface area contributed by atoms with Crippen LogP contribution in [0.4, 0.5) is 11.4 Å². The number of nitrogens with one attached hydrogen (secondary N) is 1. The van der Waals surface area contributed by atoms with E-state index in [0.717, 1.165) is 26.1 Å². The first kappa shape index (κ1) is 18.1. The average Bonchev–Trinajstić information content (AvgIpc) is 2.52. The van der Waals surface area contributed by atoms with Crippen molar-refractivity contribution in [3.63, 3.8) is 0 Å². The smallest absolute Gasteiger partial charge is 0.0751 e. The Labute approximate surface area is 141 Å². The first-order chi connectivity index (χ1) is 11.0. The van der Waals surface area contributed by atoms with Gasteiger partial charge in [0.1, 0.15) is 0 Å². The summed E-state index contributed by atoms with van der Waals surface area (Å²) in [4.78, 5) is 2.47. The molecule has 3 N–H and O–H groups in total. The van der Waals surface area contributed by atoms with Crippen LogP contribution in [0.5, 0.6) is 0 Å². The van der Waals surface area contributed by atoms with E-state index in [4.69, 9.17) is 10.5 Å². The Bertz CT molecular complexity index is 492.